The predicted octanol–water partition coefficient (Wildman–Crippen LogP) is 3.21. The molecule has 2 amide bonds. The Morgan fingerprint density at radius 2 is 2.07 bits per heavy atom. The number of rotatable bonds is 5. The summed E-state index contributed by atoms with van der Waals surface area (Å²) >= 11 is 3.41. The third-order valence-corrected chi connectivity index (χ3v) is 4.89. The number of carboxylic acids is 1. The highest BCUT2D eigenvalue weighted by Crippen LogP contribution is 2.19. The van der Waals surface area contributed by atoms with E-state index in [0.717, 1.165) is 10.0 Å². The quantitative estimate of drug-likeness (QED) is 0.711. The molecule has 0 bridgehead atoms. The molecule has 1 aliphatic heterocycles. The highest BCUT2D eigenvalue weighted by Gasteiger charge is 2.33. The van der Waals surface area contributed by atoms with Crippen molar-refractivity contribution < 1.29 is 24.2 Å². The summed E-state index contributed by atoms with van der Waals surface area (Å²) in [6.45, 7) is 5.88. The summed E-state index contributed by atoms with van der Waals surface area (Å²) in [6.07, 6.45) is 0.784. The van der Waals surface area contributed by atoms with Crippen molar-refractivity contribution >= 4 is 33.9 Å². The van der Waals surface area contributed by atoms with Gasteiger partial charge in [-0.05, 0) is 51.3 Å². The molecule has 0 radical (unpaired) electrons. The molecule has 7 nitrogen and oxygen atoms in total. The monoisotopic (exact) mass is 454 g/mol. The molecule has 2 atom stereocenters. The molecule has 0 spiro atoms. The minimum atomic E-state index is -0.902. The Hall–Kier alpha value is -2.09. The first-order chi connectivity index (χ1) is 13.0. The molecule has 0 saturated carbocycles. The van der Waals surface area contributed by atoms with Gasteiger partial charge in [0.1, 0.15) is 11.6 Å². The molecule has 1 aromatic rings. The minimum Gasteiger partial charge on any atom is -0.481 e. The van der Waals surface area contributed by atoms with Crippen LogP contribution < -0.4 is 5.32 Å². The van der Waals surface area contributed by atoms with Crippen LogP contribution in [0, 0.1) is 5.92 Å². The van der Waals surface area contributed by atoms with E-state index in [1.165, 1.54) is 4.90 Å². The average molecular weight is 455 g/mol. The number of amides is 2. The molecule has 1 aliphatic rings. The molecular weight excluding hydrogens is 428 g/mol. The lowest BCUT2D eigenvalue weighted by Gasteiger charge is -2.34. The summed E-state index contributed by atoms with van der Waals surface area (Å²) in [4.78, 5) is 38.2. The fraction of sp³-hybridized carbons (Fsp3) is 0.550. The molecule has 1 aromatic carbocycles. The van der Waals surface area contributed by atoms with Crippen molar-refractivity contribution in [1.29, 1.82) is 0 Å². The van der Waals surface area contributed by atoms with Crippen LogP contribution in [0.5, 0.6) is 0 Å². The third kappa shape index (κ3) is 6.82. The molecule has 0 aromatic heterocycles. The summed E-state index contributed by atoms with van der Waals surface area (Å²) in [7, 11) is 0. The zero-order chi connectivity index (χ0) is 20.9. The first-order valence-electron chi connectivity index (χ1n) is 9.30. The smallest absolute Gasteiger partial charge is 0.408 e. The van der Waals surface area contributed by atoms with Crippen LogP contribution in [0.1, 0.15) is 39.2 Å². The molecule has 8 heteroatoms. The van der Waals surface area contributed by atoms with Gasteiger partial charge in [0, 0.05) is 24.0 Å². The van der Waals surface area contributed by atoms with Crippen LogP contribution in [-0.2, 0) is 20.7 Å². The van der Waals surface area contributed by atoms with Gasteiger partial charge < -0.3 is 20.1 Å². The van der Waals surface area contributed by atoms with Crippen molar-refractivity contribution in [3.05, 3.63) is 34.3 Å². The summed E-state index contributed by atoms with van der Waals surface area (Å²) in [5.74, 6) is -1.77. The Kier molecular flexibility index (Phi) is 7.46. The van der Waals surface area contributed by atoms with E-state index in [1.54, 1.807) is 20.8 Å². The molecule has 28 heavy (non-hydrogen) atoms. The van der Waals surface area contributed by atoms with E-state index in [1.807, 2.05) is 24.3 Å². The lowest BCUT2D eigenvalue weighted by atomic mass is 9.96. The van der Waals surface area contributed by atoms with E-state index in [9.17, 15) is 19.5 Å². The van der Waals surface area contributed by atoms with Crippen LogP contribution in [-0.4, -0.2) is 52.7 Å². The topological polar surface area (TPSA) is 95.9 Å². The van der Waals surface area contributed by atoms with E-state index in [0.29, 0.717) is 19.4 Å². The van der Waals surface area contributed by atoms with Crippen molar-refractivity contribution in [2.45, 2.75) is 51.7 Å². The number of hydrogen-bond acceptors (Lipinski definition) is 4. The molecule has 0 aliphatic carbocycles. The van der Waals surface area contributed by atoms with Gasteiger partial charge in [0.15, 0.2) is 0 Å². The van der Waals surface area contributed by atoms with Crippen LogP contribution in [0.25, 0.3) is 0 Å². The first-order valence-corrected chi connectivity index (χ1v) is 10.1. The second kappa shape index (κ2) is 9.41. The number of carbonyl (C=O) groups is 3. The van der Waals surface area contributed by atoms with E-state index in [-0.39, 0.29) is 18.9 Å². The number of piperidine rings is 1. The minimum absolute atomic E-state index is 0.152. The number of alkyl carbamates (subject to hydrolysis) is 1. The van der Waals surface area contributed by atoms with Crippen LogP contribution in [0.15, 0.2) is 28.7 Å². The van der Waals surface area contributed by atoms with Crippen LogP contribution >= 0.6 is 15.9 Å². The Labute approximate surface area is 173 Å². The number of aliphatic carboxylic acids is 1. The number of likely N-dealkylation sites (tertiary alicyclic amines) is 1. The third-order valence-electron chi connectivity index (χ3n) is 4.40. The van der Waals surface area contributed by atoms with Crippen LogP contribution in [0.4, 0.5) is 4.79 Å². The number of halogens is 1. The molecule has 1 heterocycles. The van der Waals surface area contributed by atoms with Gasteiger partial charge >= 0.3 is 12.1 Å². The van der Waals surface area contributed by atoms with Gasteiger partial charge in [-0.1, -0.05) is 28.1 Å². The summed E-state index contributed by atoms with van der Waals surface area (Å²) < 4.78 is 6.17. The number of carbonyl (C=O) groups excluding carboxylic acids is 2. The number of hydrogen-bond donors (Lipinski definition) is 2. The van der Waals surface area contributed by atoms with Crippen LogP contribution in [0.3, 0.4) is 0 Å². The number of nitrogens with one attached hydrogen (secondary N) is 1. The molecule has 2 rings (SSSR count). The van der Waals surface area contributed by atoms with Crippen molar-refractivity contribution in [2.75, 3.05) is 13.1 Å². The molecule has 1 fully saturated rings. The molecule has 2 N–H and O–H groups in total. The fourth-order valence-corrected chi connectivity index (χ4v) is 3.60. The van der Waals surface area contributed by atoms with Crippen molar-refractivity contribution in [2.24, 2.45) is 5.92 Å². The largest absolute Gasteiger partial charge is 0.481 e. The zero-order valence-corrected chi connectivity index (χ0v) is 18.0. The number of ether oxygens (including phenoxy) is 1. The van der Waals surface area contributed by atoms with Crippen molar-refractivity contribution in [1.82, 2.24) is 10.2 Å². The molecule has 154 valence electrons. The SMILES string of the molecule is CC(C)(C)OC(=O)NC(Cc1cccc(Br)c1)C(=O)N1CCC[C@@H](C(=O)O)C1. The highest BCUT2D eigenvalue weighted by molar-refractivity contribution is 9.10. The first kappa shape index (κ1) is 22.2. The maximum absolute atomic E-state index is 13.1. The Bertz CT molecular complexity index is 732. The van der Waals surface area contributed by atoms with Gasteiger partial charge in [-0.15, -0.1) is 0 Å². The summed E-state index contributed by atoms with van der Waals surface area (Å²) in [6, 6.07) is 6.65. The molecular formula is C20H27BrN2O5. The Morgan fingerprint density at radius 1 is 1.36 bits per heavy atom. The van der Waals surface area contributed by atoms with Gasteiger partial charge in [-0.3, -0.25) is 9.59 Å². The van der Waals surface area contributed by atoms with E-state index >= 15 is 0 Å². The number of carboxylic acid groups (broad SMARTS) is 1. The van der Waals surface area contributed by atoms with Crippen molar-refractivity contribution in [3.63, 3.8) is 0 Å². The standard InChI is InChI=1S/C20H27BrN2O5/c1-20(2,3)28-19(27)22-16(11-13-6-4-8-15(21)10-13)17(24)23-9-5-7-14(12-23)18(25)26/h4,6,8,10,14,16H,5,7,9,11-12H2,1-3H3,(H,22,27)(H,25,26)/t14-,16?/m1/s1. The maximum atomic E-state index is 13.1. The van der Waals surface area contributed by atoms with Gasteiger partial charge in [-0.25, -0.2) is 4.79 Å². The molecule has 1 unspecified atom stereocenters. The van der Waals surface area contributed by atoms with Gasteiger partial charge in [0.05, 0.1) is 5.92 Å². The average Bonchev–Trinajstić information content (AvgIpc) is 2.59. The Balaban J connectivity index is 2.17. The zero-order valence-electron chi connectivity index (χ0n) is 16.4. The summed E-state index contributed by atoms with van der Waals surface area (Å²) in [5, 5.41) is 11.9. The second-order valence-electron chi connectivity index (χ2n) is 7.99. The normalized spacial score (nSPS) is 18.3. The predicted molar refractivity (Wildman–Crippen MR) is 108 cm³/mol. The Morgan fingerprint density at radius 3 is 2.68 bits per heavy atom. The van der Waals surface area contributed by atoms with Gasteiger partial charge in [0.25, 0.3) is 0 Å². The van der Waals surface area contributed by atoms with Gasteiger partial charge in [0.2, 0.25) is 5.91 Å². The molecule has 1 saturated heterocycles. The number of benzene rings is 1. The van der Waals surface area contributed by atoms with Gasteiger partial charge in [-0.2, -0.15) is 0 Å². The lowest BCUT2D eigenvalue weighted by molar-refractivity contribution is -0.146. The van der Waals surface area contributed by atoms with Crippen LogP contribution in [0.2, 0.25) is 0 Å². The number of nitrogens with zero attached hydrogens (tertiary/aromatic N) is 1. The second-order valence-corrected chi connectivity index (χ2v) is 8.91. The van der Waals surface area contributed by atoms with E-state index in [4.69, 9.17) is 4.74 Å². The lowest BCUT2D eigenvalue weighted by Crippen LogP contribution is -2.53. The van der Waals surface area contributed by atoms with E-state index < -0.39 is 29.6 Å². The van der Waals surface area contributed by atoms with Crippen molar-refractivity contribution in [3.8, 4) is 0 Å². The van der Waals surface area contributed by atoms with E-state index in [2.05, 4.69) is 21.2 Å². The maximum Gasteiger partial charge on any atom is 0.408 e. The fourth-order valence-electron chi connectivity index (χ4n) is 3.15. The summed E-state index contributed by atoms with van der Waals surface area (Å²) in [5.41, 5.74) is 0.183. The highest BCUT2D eigenvalue weighted by atomic mass is 79.9.